The van der Waals surface area contributed by atoms with Crippen molar-refractivity contribution in [1.82, 2.24) is 4.90 Å². The van der Waals surface area contributed by atoms with Crippen LogP contribution in [0.3, 0.4) is 0 Å². The van der Waals surface area contributed by atoms with Crippen LogP contribution in [-0.2, 0) is 19.2 Å². The molecule has 0 spiro atoms. The van der Waals surface area contributed by atoms with Gasteiger partial charge in [-0.15, -0.1) is 0 Å². The van der Waals surface area contributed by atoms with Gasteiger partial charge in [0, 0.05) is 41.2 Å². The molecule has 0 aliphatic rings. The summed E-state index contributed by atoms with van der Waals surface area (Å²) in [7, 11) is 0. The van der Waals surface area contributed by atoms with Crippen molar-refractivity contribution < 1.29 is 28.7 Å². The van der Waals surface area contributed by atoms with Crippen molar-refractivity contribution in [2.24, 2.45) is 0 Å². The molecule has 0 saturated heterocycles. The Morgan fingerprint density at radius 3 is 2.13 bits per heavy atom. The highest BCUT2D eigenvalue weighted by atomic mass is 35.5. The number of halogens is 1. The number of carbonyl (C=O) groups is 4. The lowest BCUT2D eigenvalue weighted by atomic mass is 9.95. The normalized spacial score (nSPS) is 11.7. The minimum atomic E-state index is -1.27. The topological polar surface area (TPSA) is 134 Å². The number of carboxylic acids is 1. The largest absolute Gasteiger partial charge is 0.480 e. The van der Waals surface area contributed by atoms with E-state index in [1.54, 1.807) is 37.3 Å². The second-order valence-electron chi connectivity index (χ2n) is 11.6. The van der Waals surface area contributed by atoms with Crippen LogP contribution in [0, 0.1) is 0 Å². The lowest BCUT2D eigenvalue weighted by Crippen LogP contribution is -2.39. The molecule has 248 valence electrons. The van der Waals surface area contributed by atoms with Crippen LogP contribution in [0.2, 0.25) is 5.02 Å². The van der Waals surface area contributed by atoms with E-state index in [1.165, 1.54) is 63.5 Å². The fourth-order valence-electron chi connectivity index (χ4n) is 5.57. The number of aliphatic carboxylic acids is 1. The maximum Gasteiger partial charge on any atom is 0.336 e. The van der Waals surface area contributed by atoms with E-state index in [1.807, 2.05) is 0 Å². The quantitative estimate of drug-likeness (QED) is 0.0547. The number of fused-ring (bicyclic) bond motifs is 1. The molecule has 0 fully saturated rings. The summed E-state index contributed by atoms with van der Waals surface area (Å²) in [5, 5.41) is 12.9. The number of hydrogen-bond donors (Lipinski definition) is 2. The maximum atomic E-state index is 12.9. The Hall–Kier alpha value is -3.98. The molecule has 1 heterocycles. The zero-order valence-corrected chi connectivity index (χ0v) is 27.6. The van der Waals surface area contributed by atoms with E-state index in [2.05, 4.69) is 12.2 Å². The fourth-order valence-corrected chi connectivity index (χ4v) is 5.85. The van der Waals surface area contributed by atoms with Gasteiger partial charge in [-0.3, -0.25) is 14.4 Å². The predicted octanol–water partition coefficient (Wildman–Crippen LogP) is 7.97. The first-order chi connectivity index (χ1) is 22.2. The molecule has 46 heavy (non-hydrogen) atoms. The zero-order valence-electron chi connectivity index (χ0n) is 26.8. The standard InChI is InChI=1S/C36H45ClN2O7/c1-3-5-6-7-8-9-10-11-12-13-14-15-33(41)38-26-17-19-27(31(37)21-26)29-22-35(44)46-32-20-25(16-18-28(29)32)30(24-40)36(45)39(4-2)23-34(42)43/h16-22,24,30H,3-15,23H2,1-2H3,(H,38,41)(H,42,43)/t30-/m0/s1. The number of unbranched alkanes of at least 4 members (excludes halogenated alkanes) is 10. The van der Waals surface area contributed by atoms with Crippen molar-refractivity contribution >= 4 is 52.3 Å². The summed E-state index contributed by atoms with van der Waals surface area (Å²) in [5.74, 6) is -3.21. The smallest absolute Gasteiger partial charge is 0.336 e. The number of likely N-dealkylation sites (N-methyl/N-ethyl adjacent to an activating group) is 1. The van der Waals surface area contributed by atoms with Crippen molar-refractivity contribution in [3.63, 3.8) is 0 Å². The van der Waals surface area contributed by atoms with E-state index in [4.69, 9.17) is 21.1 Å². The lowest BCUT2D eigenvalue weighted by Gasteiger charge is -2.22. The van der Waals surface area contributed by atoms with E-state index in [0.29, 0.717) is 39.9 Å². The van der Waals surface area contributed by atoms with E-state index < -0.39 is 30.0 Å². The summed E-state index contributed by atoms with van der Waals surface area (Å²) in [5.41, 5.74) is 1.31. The van der Waals surface area contributed by atoms with Crippen LogP contribution in [0.25, 0.3) is 22.1 Å². The van der Waals surface area contributed by atoms with Gasteiger partial charge in [0.1, 0.15) is 24.3 Å². The molecule has 0 aliphatic heterocycles. The first kappa shape index (κ1) is 36.5. The minimum absolute atomic E-state index is 0.0812. The van der Waals surface area contributed by atoms with E-state index in [0.717, 1.165) is 24.2 Å². The van der Waals surface area contributed by atoms with Gasteiger partial charge in [0.05, 0.1) is 5.02 Å². The fraction of sp³-hybridized carbons (Fsp3) is 0.472. The Bertz CT molecular complexity index is 1550. The summed E-state index contributed by atoms with van der Waals surface area (Å²) >= 11 is 6.63. The summed E-state index contributed by atoms with van der Waals surface area (Å²) in [6.45, 7) is 3.42. The number of carboxylic acid groups (broad SMARTS) is 1. The number of hydrogen-bond acceptors (Lipinski definition) is 6. The molecule has 0 radical (unpaired) electrons. The van der Waals surface area contributed by atoms with Gasteiger partial charge < -0.3 is 24.5 Å². The number of rotatable bonds is 20. The van der Waals surface area contributed by atoms with Crippen LogP contribution in [0.4, 0.5) is 5.69 Å². The highest BCUT2D eigenvalue weighted by Crippen LogP contribution is 2.35. The average molecular weight is 653 g/mol. The van der Waals surface area contributed by atoms with Crippen molar-refractivity contribution in [3.05, 3.63) is 63.5 Å². The Balaban J connectivity index is 1.63. The number of aldehydes is 1. The van der Waals surface area contributed by atoms with Crippen LogP contribution in [-0.4, -0.2) is 47.2 Å². The predicted molar refractivity (Wildman–Crippen MR) is 181 cm³/mol. The van der Waals surface area contributed by atoms with Gasteiger partial charge >= 0.3 is 11.6 Å². The van der Waals surface area contributed by atoms with Gasteiger partial charge in [0.15, 0.2) is 0 Å². The number of amides is 2. The molecule has 1 atom stereocenters. The maximum absolute atomic E-state index is 12.9. The molecule has 2 N–H and O–H groups in total. The van der Waals surface area contributed by atoms with Crippen molar-refractivity contribution in [2.45, 2.75) is 96.8 Å². The molecular formula is C36H45ClN2O7. The highest BCUT2D eigenvalue weighted by Gasteiger charge is 2.27. The van der Waals surface area contributed by atoms with Crippen molar-refractivity contribution in [3.8, 4) is 11.1 Å². The molecule has 0 unspecified atom stereocenters. The number of nitrogens with one attached hydrogen (secondary N) is 1. The summed E-state index contributed by atoms with van der Waals surface area (Å²) in [6.07, 6.45) is 14.2. The SMILES string of the molecule is CCCCCCCCCCCCCC(=O)Nc1ccc(-c2cc(=O)oc3cc([C@H](C=O)C(=O)N(CC)CC(=O)O)ccc23)c(Cl)c1. The number of anilines is 1. The van der Waals surface area contributed by atoms with Gasteiger partial charge in [0.25, 0.3) is 0 Å². The third-order valence-corrected chi connectivity index (χ3v) is 8.41. The van der Waals surface area contributed by atoms with E-state index in [-0.39, 0.29) is 23.6 Å². The molecule has 2 aromatic carbocycles. The third kappa shape index (κ3) is 10.8. The molecule has 0 saturated carbocycles. The number of benzene rings is 2. The van der Waals surface area contributed by atoms with Crippen LogP contribution >= 0.6 is 11.6 Å². The lowest BCUT2D eigenvalue weighted by molar-refractivity contribution is -0.145. The Morgan fingerprint density at radius 1 is 0.891 bits per heavy atom. The Morgan fingerprint density at radius 2 is 1.54 bits per heavy atom. The molecular weight excluding hydrogens is 608 g/mol. The summed E-state index contributed by atoms with van der Waals surface area (Å²) < 4.78 is 5.41. The third-order valence-electron chi connectivity index (χ3n) is 8.10. The highest BCUT2D eigenvalue weighted by molar-refractivity contribution is 6.34. The van der Waals surface area contributed by atoms with E-state index in [9.17, 15) is 24.0 Å². The van der Waals surface area contributed by atoms with Crippen LogP contribution in [0.1, 0.15) is 102 Å². The molecule has 0 bridgehead atoms. The monoisotopic (exact) mass is 652 g/mol. The summed E-state index contributed by atoms with van der Waals surface area (Å²) in [6, 6.07) is 11.0. The van der Waals surface area contributed by atoms with Gasteiger partial charge in [-0.1, -0.05) is 101 Å². The minimum Gasteiger partial charge on any atom is -0.480 e. The molecule has 10 heteroatoms. The van der Waals surface area contributed by atoms with Gasteiger partial charge in [-0.05, 0) is 37.1 Å². The van der Waals surface area contributed by atoms with Gasteiger partial charge in [0.2, 0.25) is 11.8 Å². The number of nitrogens with zero attached hydrogens (tertiary/aromatic N) is 1. The average Bonchev–Trinajstić information content (AvgIpc) is 3.02. The van der Waals surface area contributed by atoms with Crippen LogP contribution < -0.4 is 10.9 Å². The number of carbonyl (C=O) groups excluding carboxylic acids is 3. The second kappa shape index (κ2) is 18.9. The zero-order chi connectivity index (χ0) is 33.5. The Labute approximate surface area is 275 Å². The molecule has 0 aliphatic carbocycles. The van der Waals surface area contributed by atoms with Gasteiger partial charge in [-0.25, -0.2) is 4.79 Å². The molecule has 1 aromatic heterocycles. The molecule has 9 nitrogen and oxygen atoms in total. The molecule has 2 amide bonds. The van der Waals surface area contributed by atoms with Crippen molar-refractivity contribution in [1.29, 1.82) is 0 Å². The van der Waals surface area contributed by atoms with E-state index >= 15 is 0 Å². The van der Waals surface area contributed by atoms with Crippen LogP contribution in [0.5, 0.6) is 0 Å². The van der Waals surface area contributed by atoms with Crippen molar-refractivity contribution in [2.75, 3.05) is 18.4 Å². The van der Waals surface area contributed by atoms with Gasteiger partial charge in [-0.2, -0.15) is 0 Å². The summed E-state index contributed by atoms with van der Waals surface area (Å²) in [4.78, 5) is 62.2. The van der Waals surface area contributed by atoms with Crippen LogP contribution in [0.15, 0.2) is 51.7 Å². The first-order valence-corrected chi connectivity index (χ1v) is 16.7. The second-order valence-corrected chi connectivity index (χ2v) is 12.0. The first-order valence-electron chi connectivity index (χ1n) is 16.3. The molecule has 3 aromatic rings. The Kier molecular flexibility index (Phi) is 15.0. The molecule has 3 rings (SSSR count).